The van der Waals surface area contributed by atoms with Crippen LogP contribution in [0, 0.1) is 0 Å². The van der Waals surface area contributed by atoms with Gasteiger partial charge in [-0.05, 0) is 43.9 Å². The third-order valence-corrected chi connectivity index (χ3v) is 4.27. The largest absolute Gasteiger partial charge is 0.466 e. The van der Waals surface area contributed by atoms with Crippen LogP contribution < -0.4 is 0 Å². The smallest absolute Gasteiger partial charge is 0.355 e. The maximum Gasteiger partial charge on any atom is 0.355 e. The van der Waals surface area contributed by atoms with Crippen LogP contribution in [0.25, 0.3) is 10.9 Å². The summed E-state index contributed by atoms with van der Waals surface area (Å²) in [5.41, 5.74) is 2.32. The van der Waals surface area contributed by atoms with E-state index in [1.807, 2.05) is 18.2 Å². The number of nitrogens with one attached hydrogen (secondary N) is 1. The minimum atomic E-state index is -0.364. The van der Waals surface area contributed by atoms with Crippen LogP contribution in [-0.4, -0.2) is 30.6 Å². The molecule has 0 atom stereocenters. The van der Waals surface area contributed by atoms with E-state index in [9.17, 15) is 9.59 Å². The van der Waals surface area contributed by atoms with Crippen LogP contribution >= 0.6 is 15.9 Å². The number of aryl methyl sites for hydroxylation is 1. The van der Waals surface area contributed by atoms with Gasteiger partial charge in [0.15, 0.2) is 0 Å². The third-order valence-electron chi connectivity index (χ3n) is 3.61. The molecule has 24 heavy (non-hydrogen) atoms. The Morgan fingerprint density at radius 3 is 2.83 bits per heavy atom. The summed E-state index contributed by atoms with van der Waals surface area (Å²) < 4.78 is 10.6. The van der Waals surface area contributed by atoms with Crippen molar-refractivity contribution in [3.63, 3.8) is 0 Å². The lowest BCUT2D eigenvalue weighted by Gasteiger charge is -2.05. The number of hydrogen-bond donors (Lipinski definition) is 1. The summed E-state index contributed by atoms with van der Waals surface area (Å²) in [4.78, 5) is 26.4. The predicted molar refractivity (Wildman–Crippen MR) is 96.0 cm³/mol. The van der Waals surface area contributed by atoms with Crippen LogP contribution in [0.1, 0.15) is 35.8 Å². The van der Waals surface area contributed by atoms with Crippen molar-refractivity contribution in [1.29, 1.82) is 0 Å². The Morgan fingerprint density at radius 1 is 1.33 bits per heavy atom. The number of allylic oxidation sites excluding steroid dienone is 1. The Kier molecular flexibility index (Phi) is 6.61. The number of esters is 2. The van der Waals surface area contributed by atoms with Gasteiger partial charge < -0.3 is 14.5 Å². The summed E-state index contributed by atoms with van der Waals surface area (Å²) in [6.45, 7) is 2.12. The number of rotatable bonds is 7. The molecule has 0 aliphatic carbocycles. The van der Waals surface area contributed by atoms with Crippen LogP contribution in [0.3, 0.4) is 0 Å². The van der Waals surface area contributed by atoms with Crippen molar-refractivity contribution in [2.75, 3.05) is 13.7 Å². The van der Waals surface area contributed by atoms with Gasteiger partial charge in [-0.2, -0.15) is 0 Å². The molecule has 5 nitrogen and oxygen atoms in total. The number of hydrogen-bond acceptors (Lipinski definition) is 4. The highest BCUT2D eigenvalue weighted by atomic mass is 79.9. The Bertz CT molecular complexity index is 764. The molecule has 1 aromatic heterocycles. The minimum absolute atomic E-state index is 0.330. The van der Waals surface area contributed by atoms with E-state index in [2.05, 4.69) is 25.7 Å². The van der Waals surface area contributed by atoms with Gasteiger partial charge in [-0.3, -0.25) is 0 Å². The summed E-state index contributed by atoms with van der Waals surface area (Å²) in [7, 11) is 1.35. The van der Waals surface area contributed by atoms with Crippen LogP contribution in [0.5, 0.6) is 0 Å². The third kappa shape index (κ3) is 4.26. The van der Waals surface area contributed by atoms with Crippen molar-refractivity contribution in [2.45, 2.75) is 26.2 Å². The molecule has 0 bridgehead atoms. The zero-order valence-electron chi connectivity index (χ0n) is 13.7. The van der Waals surface area contributed by atoms with Gasteiger partial charge in [0.1, 0.15) is 5.69 Å². The minimum Gasteiger partial charge on any atom is -0.466 e. The van der Waals surface area contributed by atoms with Gasteiger partial charge >= 0.3 is 11.9 Å². The molecule has 0 unspecified atom stereocenters. The Hall–Kier alpha value is -2.08. The first-order valence-corrected chi connectivity index (χ1v) is 8.58. The van der Waals surface area contributed by atoms with E-state index in [-0.39, 0.29) is 11.9 Å². The monoisotopic (exact) mass is 393 g/mol. The second-order valence-electron chi connectivity index (χ2n) is 5.18. The fourth-order valence-corrected chi connectivity index (χ4v) is 3.15. The van der Waals surface area contributed by atoms with Crippen molar-refractivity contribution in [2.24, 2.45) is 0 Å². The number of methoxy groups -OCH3 is 1. The molecule has 1 heterocycles. The van der Waals surface area contributed by atoms with E-state index >= 15 is 0 Å². The quantitative estimate of drug-likeness (QED) is 0.435. The fourth-order valence-electron chi connectivity index (χ4n) is 2.54. The number of ether oxygens (including phenoxy) is 2. The topological polar surface area (TPSA) is 68.4 Å². The predicted octanol–water partition coefficient (Wildman–Crippen LogP) is 4.16. The lowest BCUT2D eigenvalue weighted by atomic mass is 10.0. The van der Waals surface area contributed by atoms with Gasteiger partial charge in [0.05, 0.1) is 13.7 Å². The molecule has 0 aliphatic heterocycles. The maximum absolute atomic E-state index is 12.2. The van der Waals surface area contributed by atoms with Crippen molar-refractivity contribution in [3.05, 3.63) is 46.1 Å². The molecule has 1 aromatic carbocycles. The maximum atomic E-state index is 12.2. The number of aromatic amines is 1. The first-order chi connectivity index (χ1) is 11.6. The van der Waals surface area contributed by atoms with E-state index in [0.29, 0.717) is 25.1 Å². The number of benzene rings is 1. The summed E-state index contributed by atoms with van der Waals surface area (Å²) in [6, 6.07) is 5.80. The summed E-state index contributed by atoms with van der Waals surface area (Å²) in [5.74, 6) is -0.710. The van der Waals surface area contributed by atoms with Crippen molar-refractivity contribution >= 4 is 38.8 Å². The van der Waals surface area contributed by atoms with E-state index in [1.165, 1.54) is 13.2 Å². The highest BCUT2D eigenvalue weighted by Crippen LogP contribution is 2.31. The average molecular weight is 394 g/mol. The molecule has 0 saturated carbocycles. The van der Waals surface area contributed by atoms with Crippen molar-refractivity contribution in [1.82, 2.24) is 4.98 Å². The van der Waals surface area contributed by atoms with Crippen LogP contribution in [-0.2, 0) is 20.7 Å². The lowest BCUT2D eigenvalue weighted by Crippen LogP contribution is -2.08. The average Bonchev–Trinajstić information content (AvgIpc) is 2.94. The molecule has 0 amide bonds. The summed E-state index contributed by atoms with van der Waals surface area (Å²) in [6.07, 6.45) is 5.40. The molecule has 6 heteroatoms. The van der Waals surface area contributed by atoms with E-state index in [1.54, 1.807) is 13.0 Å². The number of carbonyl (C=O) groups excluding carboxylic acids is 2. The molecule has 128 valence electrons. The van der Waals surface area contributed by atoms with Crippen molar-refractivity contribution < 1.29 is 19.1 Å². The molecule has 2 rings (SSSR count). The Labute approximate surface area is 149 Å². The van der Waals surface area contributed by atoms with Crippen LogP contribution in [0.4, 0.5) is 0 Å². The van der Waals surface area contributed by atoms with Gasteiger partial charge in [0.25, 0.3) is 0 Å². The van der Waals surface area contributed by atoms with Crippen LogP contribution in [0.2, 0.25) is 0 Å². The zero-order valence-corrected chi connectivity index (χ0v) is 15.3. The Morgan fingerprint density at radius 2 is 2.12 bits per heavy atom. The molecular weight excluding hydrogens is 374 g/mol. The van der Waals surface area contributed by atoms with Gasteiger partial charge in [-0.15, -0.1) is 0 Å². The second kappa shape index (κ2) is 8.68. The highest BCUT2D eigenvalue weighted by molar-refractivity contribution is 9.10. The number of fused-ring (bicyclic) bond motifs is 1. The lowest BCUT2D eigenvalue weighted by molar-refractivity contribution is -0.134. The molecule has 0 aliphatic rings. The normalized spacial score (nSPS) is 11.1. The van der Waals surface area contributed by atoms with E-state index < -0.39 is 0 Å². The first-order valence-electron chi connectivity index (χ1n) is 7.79. The second-order valence-corrected chi connectivity index (χ2v) is 6.03. The molecule has 1 N–H and O–H groups in total. The molecule has 2 aromatic rings. The van der Waals surface area contributed by atoms with Gasteiger partial charge in [0, 0.05) is 21.5 Å². The molecule has 0 saturated heterocycles. The Balaban J connectivity index is 2.22. The SMILES string of the molecule is CCOC(=O)c1[nH]c2cccc(Br)c2c1CCC/C=C/C(=O)OC. The van der Waals surface area contributed by atoms with Gasteiger partial charge in [-0.25, -0.2) is 9.59 Å². The zero-order chi connectivity index (χ0) is 17.5. The van der Waals surface area contributed by atoms with Gasteiger partial charge in [0.2, 0.25) is 0 Å². The fraction of sp³-hybridized carbons (Fsp3) is 0.333. The summed E-state index contributed by atoms with van der Waals surface area (Å²) in [5, 5.41) is 0.998. The number of aromatic nitrogens is 1. The molecule has 0 radical (unpaired) electrons. The molecule has 0 spiro atoms. The number of H-pyrrole nitrogens is 1. The number of halogens is 1. The highest BCUT2D eigenvalue weighted by Gasteiger charge is 2.19. The standard InChI is InChI=1S/C18H20BrNO4/c1-3-24-18(22)17-12(8-5-4-6-11-15(21)23-2)16-13(19)9-7-10-14(16)20-17/h6-7,9-11,20H,3-5,8H2,1-2H3/b11-6+. The van der Waals surface area contributed by atoms with E-state index in [4.69, 9.17) is 4.74 Å². The van der Waals surface area contributed by atoms with E-state index in [0.717, 1.165) is 27.4 Å². The van der Waals surface area contributed by atoms with Crippen LogP contribution in [0.15, 0.2) is 34.8 Å². The molecule has 0 fully saturated rings. The van der Waals surface area contributed by atoms with Crippen molar-refractivity contribution in [3.8, 4) is 0 Å². The summed E-state index contributed by atoms with van der Waals surface area (Å²) >= 11 is 3.55. The van der Waals surface area contributed by atoms with Gasteiger partial charge in [-0.1, -0.05) is 28.1 Å². The number of unbranched alkanes of at least 4 members (excludes halogenated alkanes) is 1. The number of carbonyl (C=O) groups is 2. The molecular formula is C18H20BrNO4. The first kappa shape index (κ1) is 18.3.